The van der Waals surface area contributed by atoms with Crippen LogP contribution < -0.4 is 5.32 Å². The number of rotatable bonds is 5. The van der Waals surface area contributed by atoms with Crippen LogP contribution in [0.3, 0.4) is 0 Å². The van der Waals surface area contributed by atoms with Crippen LogP contribution in [0.5, 0.6) is 0 Å². The fourth-order valence-corrected chi connectivity index (χ4v) is 1.95. The van der Waals surface area contributed by atoms with E-state index in [0.29, 0.717) is 16.8 Å². The number of carbonyl (C=O) groups excluding carboxylic acids is 2. The number of nitro benzene ring substituents is 1. The maximum Gasteiger partial charge on any atom is 0.337 e. The van der Waals surface area contributed by atoms with Gasteiger partial charge in [0.1, 0.15) is 0 Å². The molecule has 0 heterocycles. The standard InChI is InChI=1S/C17H14N2O5/c1-24-17(21)13-6-9-14(10-7-13)18-16(20)11-8-12-4-2-3-5-15(12)19(22)23/h2-11H,1H3,(H,18,20). The van der Waals surface area contributed by atoms with Crippen LogP contribution in [0.25, 0.3) is 6.08 Å². The Labute approximate surface area is 137 Å². The highest BCUT2D eigenvalue weighted by Crippen LogP contribution is 2.19. The molecule has 0 spiro atoms. The molecular weight excluding hydrogens is 312 g/mol. The van der Waals surface area contributed by atoms with Gasteiger partial charge >= 0.3 is 5.97 Å². The van der Waals surface area contributed by atoms with Gasteiger partial charge in [0.15, 0.2) is 0 Å². The Morgan fingerprint density at radius 3 is 2.42 bits per heavy atom. The summed E-state index contributed by atoms with van der Waals surface area (Å²) >= 11 is 0. The second-order valence-corrected chi connectivity index (χ2v) is 4.71. The van der Waals surface area contributed by atoms with Crippen molar-refractivity contribution < 1.29 is 19.2 Å². The van der Waals surface area contributed by atoms with E-state index in [1.807, 2.05) is 0 Å². The number of hydrogen-bond donors (Lipinski definition) is 1. The zero-order valence-corrected chi connectivity index (χ0v) is 12.8. The first-order chi connectivity index (χ1) is 11.5. The quantitative estimate of drug-likeness (QED) is 0.394. The summed E-state index contributed by atoms with van der Waals surface area (Å²) in [7, 11) is 1.28. The van der Waals surface area contributed by atoms with E-state index in [4.69, 9.17) is 0 Å². The number of benzene rings is 2. The molecule has 7 heteroatoms. The minimum Gasteiger partial charge on any atom is -0.465 e. The molecule has 2 rings (SSSR count). The predicted octanol–water partition coefficient (Wildman–Crippen LogP) is 3.03. The van der Waals surface area contributed by atoms with E-state index in [-0.39, 0.29) is 5.69 Å². The first kappa shape index (κ1) is 16.9. The molecule has 0 saturated carbocycles. The molecular formula is C17H14N2O5. The van der Waals surface area contributed by atoms with Crippen LogP contribution in [0.1, 0.15) is 15.9 Å². The van der Waals surface area contributed by atoms with E-state index < -0.39 is 16.8 Å². The van der Waals surface area contributed by atoms with Crippen LogP contribution >= 0.6 is 0 Å². The van der Waals surface area contributed by atoms with Crippen molar-refractivity contribution in [3.63, 3.8) is 0 Å². The lowest BCUT2D eigenvalue weighted by Crippen LogP contribution is -2.08. The largest absolute Gasteiger partial charge is 0.465 e. The molecule has 2 aromatic rings. The number of hydrogen-bond acceptors (Lipinski definition) is 5. The maximum atomic E-state index is 11.9. The number of amides is 1. The number of nitro groups is 1. The molecule has 0 atom stereocenters. The van der Waals surface area contributed by atoms with Gasteiger partial charge in [-0.15, -0.1) is 0 Å². The van der Waals surface area contributed by atoms with Gasteiger partial charge in [-0.2, -0.15) is 0 Å². The van der Waals surface area contributed by atoms with E-state index in [9.17, 15) is 19.7 Å². The minimum atomic E-state index is -0.511. The van der Waals surface area contributed by atoms with Gasteiger partial charge in [-0.05, 0) is 36.4 Å². The van der Waals surface area contributed by atoms with E-state index in [0.717, 1.165) is 0 Å². The topological polar surface area (TPSA) is 98.5 Å². The summed E-state index contributed by atoms with van der Waals surface area (Å²) in [4.78, 5) is 33.6. The number of methoxy groups -OCH3 is 1. The van der Waals surface area contributed by atoms with Crippen molar-refractivity contribution in [2.45, 2.75) is 0 Å². The number of nitrogens with one attached hydrogen (secondary N) is 1. The van der Waals surface area contributed by atoms with Gasteiger partial charge < -0.3 is 10.1 Å². The molecule has 0 aliphatic carbocycles. The van der Waals surface area contributed by atoms with Crippen molar-refractivity contribution in [3.8, 4) is 0 Å². The van der Waals surface area contributed by atoms with Gasteiger partial charge in [0, 0.05) is 17.8 Å². The Bertz CT molecular complexity index is 797. The Morgan fingerprint density at radius 1 is 1.12 bits per heavy atom. The molecule has 0 bridgehead atoms. The Hall–Kier alpha value is -3.48. The van der Waals surface area contributed by atoms with Gasteiger partial charge in [0.25, 0.3) is 5.69 Å². The first-order valence-corrected chi connectivity index (χ1v) is 6.92. The molecule has 1 amide bonds. The third kappa shape index (κ3) is 4.26. The average Bonchev–Trinajstić information content (AvgIpc) is 2.60. The fraction of sp³-hybridized carbons (Fsp3) is 0.0588. The van der Waals surface area contributed by atoms with Crippen molar-refractivity contribution in [1.29, 1.82) is 0 Å². The lowest BCUT2D eigenvalue weighted by atomic mass is 10.1. The second-order valence-electron chi connectivity index (χ2n) is 4.71. The van der Waals surface area contributed by atoms with Gasteiger partial charge in [0.2, 0.25) is 5.91 Å². The molecule has 7 nitrogen and oxygen atoms in total. The normalized spacial score (nSPS) is 10.4. The highest BCUT2D eigenvalue weighted by Gasteiger charge is 2.10. The highest BCUT2D eigenvalue weighted by molar-refractivity contribution is 6.02. The number of nitrogens with zero attached hydrogens (tertiary/aromatic N) is 1. The zero-order chi connectivity index (χ0) is 17.5. The summed E-state index contributed by atoms with van der Waals surface area (Å²) < 4.78 is 4.58. The lowest BCUT2D eigenvalue weighted by molar-refractivity contribution is -0.385. The lowest BCUT2D eigenvalue weighted by Gasteiger charge is -2.03. The van der Waals surface area contributed by atoms with Gasteiger partial charge in [-0.25, -0.2) is 4.79 Å². The van der Waals surface area contributed by atoms with Crippen molar-refractivity contribution in [2.75, 3.05) is 12.4 Å². The van der Waals surface area contributed by atoms with E-state index in [1.54, 1.807) is 30.3 Å². The summed E-state index contributed by atoms with van der Waals surface area (Å²) in [6.07, 6.45) is 2.58. The monoisotopic (exact) mass is 326 g/mol. The van der Waals surface area contributed by atoms with Gasteiger partial charge in [-0.1, -0.05) is 12.1 Å². The van der Waals surface area contributed by atoms with Crippen LogP contribution in [-0.2, 0) is 9.53 Å². The number of anilines is 1. The molecule has 1 N–H and O–H groups in total. The SMILES string of the molecule is COC(=O)c1ccc(NC(=O)C=Cc2ccccc2[N+](=O)[O-])cc1. The van der Waals surface area contributed by atoms with Crippen LogP contribution in [-0.4, -0.2) is 23.9 Å². The van der Waals surface area contributed by atoms with Crippen molar-refractivity contribution in [1.82, 2.24) is 0 Å². The average molecular weight is 326 g/mol. The summed E-state index contributed by atoms with van der Waals surface area (Å²) in [6.45, 7) is 0. The van der Waals surface area contributed by atoms with Crippen LogP contribution in [0, 0.1) is 10.1 Å². The van der Waals surface area contributed by atoms with Crippen molar-refractivity contribution in [3.05, 3.63) is 75.8 Å². The van der Waals surface area contributed by atoms with Crippen LogP contribution in [0.4, 0.5) is 11.4 Å². The molecule has 2 aromatic carbocycles. The van der Waals surface area contributed by atoms with Crippen LogP contribution in [0.15, 0.2) is 54.6 Å². The molecule has 0 fully saturated rings. The number of carbonyl (C=O) groups is 2. The molecule has 24 heavy (non-hydrogen) atoms. The summed E-state index contributed by atoms with van der Waals surface area (Å²) in [5, 5.41) is 13.5. The van der Waals surface area contributed by atoms with Crippen LogP contribution in [0.2, 0.25) is 0 Å². The number of ether oxygens (including phenoxy) is 1. The Morgan fingerprint density at radius 2 is 1.79 bits per heavy atom. The molecule has 0 radical (unpaired) electrons. The van der Waals surface area contributed by atoms with Crippen molar-refractivity contribution in [2.24, 2.45) is 0 Å². The highest BCUT2D eigenvalue weighted by atomic mass is 16.6. The molecule has 0 aliphatic heterocycles. The number of para-hydroxylation sites is 1. The molecule has 0 saturated heterocycles. The molecule has 0 aliphatic rings. The minimum absolute atomic E-state index is 0.0796. The smallest absolute Gasteiger partial charge is 0.337 e. The molecule has 0 unspecified atom stereocenters. The van der Waals surface area contributed by atoms with Gasteiger partial charge in [0.05, 0.1) is 23.2 Å². The summed E-state index contributed by atoms with van der Waals surface area (Å²) in [6, 6.07) is 12.3. The van der Waals surface area contributed by atoms with E-state index in [2.05, 4.69) is 10.1 Å². The Kier molecular flexibility index (Phi) is 5.40. The Balaban J connectivity index is 2.06. The summed E-state index contributed by atoms with van der Waals surface area (Å²) in [5.41, 5.74) is 1.11. The molecule has 0 aromatic heterocycles. The zero-order valence-electron chi connectivity index (χ0n) is 12.8. The second kappa shape index (κ2) is 7.68. The third-order valence-corrected chi connectivity index (χ3v) is 3.12. The molecule has 122 valence electrons. The number of esters is 1. The van der Waals surface area contributed by atoms with E-state index in [1.165, 1.54) is 37.5 Å². The maximum absolute atomic E-state index is 11.9. The van der Waals surface area contributed by atoms with Crippen molar-refractivity contribution >= 4 is 29.3 Å². The summed E-state index contributed by atoms with van der Waals surface area (Å²) in [5.74, 6) is -0.914. The third-order valence-electron chi connectivity index (χ3n) is 3.12. The first-order valence-electron chi connectivity index (χ1n) is 6.92. The van der Waals surface area contributed by atoms with E-state index >= 15 is 0 Å². The van der Waals surface area contributed by atoms with Gasteiger partial charge in [-0.3, -0.25) is 14.9 Å². The predicted molar refractivity (Wildman–Crippen MR) is 88.5 cm³/mol. The fourth-order valence-electron chi connectivity index (χ4n) is 1.95.